The number of hydrogen-bond donors (Lipinski definition) is 1. The van der Waals surface area contributed by atoms with Gasteiger partial charge in [-0.2, -0.15) is 0 Å². The summed E-state index contributed by atoms with van der Waals surface area (Å²) in [4.78, 5) is 2.38. The van der Waals surface area contributed by atoms with E-state index in [0.717, 1.165) is 29.1 Å². The number of aryl methyl sites for hydroxylation is 1. The van der Waals surface area contributed by atoms with Crippen LogP contribution in [0.25, 0.3) is 0 Å². The predicted molar refractivity (Wildman–Crippen MR) is 112 cm³/mol. The molecule has 0 saturated heterocycles. The maximum absolute atomic E-state index is 10.1. The Morgan fingerprint density at radius 1 is 1.08 bits per heavy atom. The molecule has 0 radical (unpaired) electrons. The molecule has 0 heterocycles. The van der Waals surface area contributed by atoms with Gasteiger partial charge in [-0.3, -0.25) is 0 Å². The van der Waals surface area contributed by atoms with Crippen LogP contribution in [-0.4, -0.2) is 17.2 Å². The highest BCUT2D eigenvalue weighted by atomic mass is 35.5. The van der Waals surface area contributed by atoms with E-state index in [1.54, 1.807) is 6.07 Å². The topological polar surface area (TPSA) is 23.5 Å². The van der Waals surface area contributed by atoms with Crippen LogP contribution in [0.3, 0.4) is 0 Å². The fourth-order valence-corrected chi connectivity index (χ4v) is 3.95. The number of rotatable bonds is 3. The second-order valence-corrected chi connectivity index (χ2v) is 8.70. The zero-order valence-electron chi connectivity index (χ0n) is 16.0. The second kappa shape index (κ2) is 7.36. The third-order valence-corrected chi connectivity index (χ3v) is 5.26. The Hall–Kier alpha value is -1.93. The van der Waals surface area contributed by atoms with Gasteiger partial charge in [0, 0.05) is 16.8 Å². The largest absolute Gasteiger partial charge is 0.508 e. The fraction of sp³-hybridized carbons (Fsp3) is 0.391. The smallest absolute Gasteiger partial charge is 0.117 e. The van der Waals surface area contributed by atoms with Gasteiger partial charge in [0.25, 0.3) is 0 Å². The fourth-order valence-electron chi connectivity index (χ4n) is 3.71. The first-order valence-electron chi connectivity index (χ1n) is 9.26. The Morgan fingerprint density at radius 2 is 1.85 bits per heavy atom. The lowest BCUT2D eigenvalue weighted by Crippen LogP contribution is -2.42. The summed E-state index contributed by atoms with van der Waals surface area (Å²) in [6.07, 6.45) is 14.9. The van der Waals surface area contributed by atoms with Crippen LogP contribution in [0.4, 0.5) is 5.69 Å². The van der Waals surface area contributed by atoms with Gasteiger partial charge in [0.05, 0.1) is 12.1 Å². The Bertz CT molecular complexity index is 775. The zero-order chi connectivity index (χ0) is 18.9. The summed E-state index contributed by atoms with van der Waals surface area (Å²) >= 11 is 6.30. The van der Waals surface area contributed by atoms with Crippen LogP contribution in [0.1, 0.15) is 39.2 Å². The van der Waals surface area contributed by atoms with Crippen LogP contribution in [0.15, 0.2) is 65.3 Å². The number of allylic oxidation sites excluding steroid dienone is 4. The van der Waals surface area contributed by atoms with Crippen molar-refractivity contribution in [1.82, 2.24) is 0 Å². The van der Waals surface area contributed by atoms with Gasteiger partial charge < -0.3 is 10.0 Å². The molecular formula is C23H28ClNO. The number of phenolic OH excluding ortho intramolecular Hbond substituents is 1. The summed E-state index contributed by atoms with van der Waals surface area (Å²) in [6, 6.07) is 6.19. The summed E-state index contributed by atoms with van der Waals surface area (Å²) in [5.41, 5.74) is 3.62. The number of phenols is 1. The van der Waals surface area contributed by atoms with E-state index in [4.69, 9.17) is 11.6 Å². The van der Waals surface area contributed by atoms with Crippen LogP contribution in [0.5, 0.6) is 5.75 Å². The van der Waals surface area contributed by atoms with Crippen molar-refractivity contribution in [3.63, 3.8) is 0 Å². The lowest BCUT2D eigenvalue weighted by atomic mass is 9.82. The summed E-state index contributed by atoms with van der Waals surface area (Å²) in [5.74, 6) is 0.303. The van der Waals surface area contributed by atoms with Gasteiger partial charge in [0.15, 0.2) is 0 Å². The van der Waals surface area contributed by atoms with E-state index in [1.165, 1.54) is 5.57 Å². The molecule has 1 aromatic carbocycles. The molecule has 0 aliphatic heterocycles. The van der Waals surface area contributed by atoms with Crippen molar-refractivity contribution in [3.8, 4) is 5.75 Å². The minimum atomic E-state index is 0.157. The summed E-state index contributed by atoms with van der Waals surface area (Å²) in [5, 5.41) is 10.9. The highest BCUT2D eigenvalue weighted by Gasteiger charge is 2.27. The third-order valence-electron chi connectivity index (χ3n) is 5.01. The molecule has 0 fully saturated rings. The summed E-state index contributed by atoms with van der Waals surface area (Å²) in [7, 11) is 0. The van der Waals surface area contributed by atoms with Crippen molar-refractivity contribution in [1.29, 1.82) is 0 Å². The lowest BCUT2D eigenvalue weighted by Gasteiger charge is -2.40. The molecule has 0 amide bonds. The molecule has 2 aliphatic carbocycles. The van der Waals surface area contributed by atoms with Crippen LogP contribution in [0.2, 0.25) is 0 Å². The van der Waals surface area contributed by atoms with E-state index >= 15 is 0 Å². The first-order valence-corrected chi connectivity index (χ1v) is 9.63. The normalized spacial score (nSPS) is 22.8. The number of aromatic hydroxyl groups is 1. The Kier molecular flexibility index (Phi) is 5.34. The van der Waals surface area contributed by atoms with Crippen LogP contribution in [0, 0.1) is 12.3 Å². The van der Waals surface area contributed by atoms with E-state index in [9.17, 15) is 5.11 Å². The van der Waals surface area contributed by atoms with Gasteiger partial charge in [-0.1, -0.05) is 56.7 Å². The maximum atomic E-state index is 10.1. The highest BCUT2D eigenvalue weighted by Crippen LogP contribution is 2.35. The Balaban J connectivity index is 1.96. The number of benzene rings is 1. The van der Waals surface area contributed by atoms with Gasteiger partial charge in [0.1, 0.15) is 5.75 Å². The molecule has 26 heavy (non-hydrogen) atoms. The van der Waals surface area contributed by atoms with Crippen molar-refractivity contribution < 1.29 is 5.11 Å². The van der Waals surface area contributed by atoms with Gasteiger partial charge in [-0.25, -0.2) is 0 Å². The van der Waals surface area contributed by atoms with E-state index in [0.29, 0.717) is 5.75 Å². The number of hydrogen-bond acceptors (Lipinski definition) is 2. The van der Waals surface area contributed by atoms with E-state index < -0.39 is 0 Å². The second-order valence-electron chi connectivity index (χ2n) is 8.26. The van der Waals surface area contributed by atoms with Crippen LogP contribution < -0.4 is 4.90 Å². The molecule has 0 bridgehead atoms. The first kappa shape index (κ1) is 18.8. The quantitative estimate of drug-likeness (QED) is 0.679. The predicted octanol–water partition coefficient (Wildman–Crippen LogP) is 6.26. The molecule has 2 aliphatic rings. The number of halogens is 1. The maximum Gasteiger partial charge on any atom is 0.117 e. The Morgan fingerprint density at radius 3 is 2.42 bits per heavy atom. The highest BCUT2D eigenvalue weighted by molar-refractivity contribution is 6.31. The zero-order valence-corrected chi connectivity index (χ0v) is 16.8. The van der Waals surface area contributed by atoms with Gasteiger partial charge >= 0.3 is 0 Å². The molecule has 0 aromatic heterocycles. The molecule has 0 spiro atoms. The molecule has 1 N–H and O–H groups in total. The minimum absolute atomic E-state index is 0.157. The van der Waals surface area contributed by atoms with Crippen LogP contribution >= 0.6 is 11.6 Å². The van der Waals surface area contributed by atoms with E-state index in [-0.39, 0.29) is 17.5 Å². The molecule has 1 aromatic rings. The minimum Gasteiger partial charge on any atom is -0.508 e. The molecule has 2 nitrogen and oxygen atoms in total. The molecule has 138 valence electrons. The number of nitrogens with zero attached hydrogens (tertiary/aromatic N) is 1. The van der Waals surface area contributed by atoms with Crippen molar-refractivity contribution in [2.45, 2.75) is 52.6 Å². The monoisotopic (exact) mass is 369 g/mol. The van der Waals surface area contributed by atoms with Gasteiger partial charge in [-0.05, 0) is 60.6 Å². The summed E-state index contributed by atoms with van der Waals surface area (Å²) < 4.78 is 0. The lowest BCUT2D eigenvalue weighted by molar-refractivity contribution is 0.474. The van der Waals surface area contributed by atoms with Crippen LogP contribution in [-0.2, 0) is 0 Å². The average molecular weight is 370 g/mol. The molecule has 3 rings (SSSR count). The van der Waals surface area contributed by atoms with E-state index in [2.05, 4.69) is 62.1 Å². The SMILES string of the molecule is Cc1cc(O)cc(N(C2C=CC(C(C)(C)C)=CC2)C2C=C(Cl)C=CC2)c1. The van der Waals surface area contributed by atoms with Crippen molar-refractivity contribution >= 4 is 17.3 Å². The van der Waals surface area contributed by atoms with Gasteiger partial charge in [-0.15, -0.1) is 0 Å². The first-order chi connectivity index (χ1) is 12.2. The third kappa shape index (κ3) is 4.24. The summed E-state index contributed by atoms with van der Waals surface area (Å²) in [6.45, 7) is 8.75. The standard InChI is InChI=1S/C23H28ClNO/c1-16-12-21(15-22(26)13-16)25(20-7-5-6-18(24)14-20)19-10-8-17(9-11-19)23(2,3)4/h5-6,8-10,12-15,19-20,26H,7,11H2,1-4H3. The molecule has 2 atom stereocenters. The van der Waals surface area contributed by atoms with Crippen molar-refractivity contribution in [3.05, 3.63) is 70.8 Å². The average Bonchev–Trinajstić information content (AvgIpc) is 2.54. The van der Waals surface area contributed by atoms with Gasteiger partial charge in [0.2, 0.25) is 0 Å². The number of anilines is 1. The van der Waals surface area contributed by atoms with E-state index in [1.807, 2.05) is 19.1 Å². The molecule has 0 saturated carbocycles. The Labute approximate surface area is 162 Å². The molecule has 3 heteroatoms. The molecule has 2 unspecified atom stereocenters. The van der Waals surface area contributed by atoms with Crippen molar-refractivity contribution in [2.24, 2.45) is 5.41 Å². The molecular weight excluding hydrogens is 342 g/mol. The van der Waals surface area contributed by atoms with Crippen molar-refractivity contribution in [2.75, 3.05) is 4.90 Å².